The number of anilines is 2. The molecule has 0 aliphatic heterocycles. The first-order chi connectivity index (χ1) is 13.8. The molecule has 0 saturated carbocycles. The molecule has 9 nitrogen and oxygen atoms in total. The molecular formula is C20H23N5O4. The molecule has 9 heteroatoms. The first-order valence-corrected chi connectivity index (χ1v) is 8.97. The van der Waals surface area contributed by atoms with Crippen LogP contribution in [0.15, 0.2) is 24.3 Å². The van der Waals surface area contributed by atoms with Crippen LogP contribution in [0.4, 0.5) is 11.4 Å². The smallest absolute Gasteiger partial charge is 0.262 e. The highest BCUT2D eigenvalue weighted by molar-refractivity contribution is 5.95. The second kappa shape index (κ2) is 8.17. The molecule has 2 amide bonds. The Hall–Kier alpha value is -3.62. The maximum atomic E-state index is 12.4. The lowest BCUT2D eigenvalue weighted by Crippen LogP contribution is -2.20. The number of nitrogens with zero attached hydrogens (tertiary/aromatic N) is 3. The van der Waals surface area contributed by atoms with Gasteiger partial charge >= 0.3 is 0 Å². The molecule has 29 heavy (non-hydrogen) atoms. The number of fused-ring (bicyclic) bond motifs is 1. The van der Waals surface area contributed by atoms with E-state index in [1.807, 2.05) is 19.9 Å². The minimum Gasteiger partial charge on any atom is -0.495 e. The number of methoxy groups -OCH3 is 1. The van der Waals surface area contributed by atoms with Crippen LogP contribution in [0.1, 0.15) is 18.2 Å². The lowest BCUT2D eigenvalue weighted by Gasteiger charge is -2.12. The molecule has 0 bridgehead atoms. The van der Waals surface area contributed by atoms with Gasteiger partial charge in [-0.15, -0.1) is 5.10 Å². The molecule has 3 rings (SSSR count). The first kappa shape index (κ1) is 20.1. The summed E-state index contributed by atoms with van der Waals surface area (Å²) >= 11 is 0. The summed E-state index contributed by atoms with van der Waals surface area (Å²) in [5, 5.41) is 10.5. The van der Waals surface area contributed by atoms with E-state index >= 15 is 0 Å². The summed E-state index contributed by atoms with van der Waals surface area (Å²) in [5.41, 5.74) is 3.53. The van der Waals surface area contributed by atoms with Gasteiger partial charge in [-0.05, 0) is 43.7 Å². The number of hydrogen-bond acceptors (Lipinski definition) is 6. The third-order valence-electron chi connectivity index (χ3n) is 4.22. The summed E-state index contributed by atoms with van der Waals surface area (Å²) in [6, 6.07) is 6.89. The quantitative estimate of drug-likeness (QED) is 0.662. The molecule has 152 valence electrons. The Morgan fingerprint density at radius 3 is 2.62 bits per heavy atom. The van der Waals surface area contributed by atoms with Crippen molar-refractivity contribution < 1.29 is 19.1 Å². The first-order valence-electron chi connectivity index (χ1n) is 8.97. The van der Waals surface area contributed by atoms with Gasteiger partial charge in [0.15, 0.2) is 12.3 Å². The predicted molar refractivity (Wildman–Crippen MR) is 109 cm³/mol. The standard InChI is InChI=1S/C20H23N5O4/c1-11-8-12(2)21-19-18(11)20(24-25(19)4)29-10-17(27)23-14-6-7-16(28-5)15(9-14)22-13(3)26/h6-9H,10H2,1-5H3,(H,22,26)(H,23,27). The fourth-order valence-electron chi connectivity index (χ4n) is 3.05. The maximum Gasteiger partial charge on any atom is 0.262 e. The van der Waals surface area contributed by atoms with Crippen molar-refractivity contribution in [3.8, 4) is 11.6 Å². The SMILES string of the molecule is COc1ccc(NC(=O)COc2nn(C)c3nc(C)cc(C)c23)cc1NC(C)=O. The van der Waals surface area contributed by atoms with Gasteiger partial charge in [0.1, 0.15) is 5.75 Å². The Morgan fingerprint density at radius 1 is 1.17 bits per heavy atom. The van der Waals surface area contributed by atoms with Crippen molar-refractivity contribution in [1.29, 1.82) is 0 Å². The number of rotatable bonds is 6. The Balaban J connectivity index is 1.72. The van der Waals surface area contributed by atoms with Crippen molar-refractivity contribution in [3.05, 3.63) is 35.5 Å². The van der Waals surface area contributed by atoms with Gasteiger partial charge in [-0.25, -0.2) is 9.67 Å². The molecule has 0 radical (unpaired) electrons. The van der Waals surface area contributed by atoms with Crippen LogP contribution in [0.5, 0.6) is 11.6 Å². The lowest BCUT2D eigenvalue weighted by molar-refractivity contribution is -0.118. The van der Waals surface area contributed by atoms with Crippen LogP contribution in [-0.2, 0) is 16.6 Å². The molecule has 3 aromatic rings. The van der Waals surface area contributed by atoms with E-state index in [4.69, 9.17) is 9.47 Å². The van der Waals surface area contributed by atoms with Gasteiger partial charge in [0, 0.05) is 25.4 Å². The van der Waals surface area contributed by atoms with E-state index in [1.54, 1.807) is 29.9 Å². The third-order valence-corrected chi connectivity index (χ3v) is 4.22. The Morgan fingerprint density at radius 2 is 1.93 bits per heavy atom. The van der Waals surface area contributed by atoms with E-state index in [-0.39, 0.29) is 18.4 Å². The number of aryl methyl sites for hydroxylation is 3. The summed E-state index contributed by atoms with van der Waals surface area (Å²) in [5.74, 6) is 0.251. The number of ether oxygens (including phenoxy) is 2. The van der Waals surface area contributed by atoms with Crippen molar-refractivity contribution in [2.24, 2.45) is 7.05 Å². The fraction of sp³-hybridized carbons (Fsp3) is 0.300. The molecule has 0 unspecified atom stereocenters. The van der Waals surface area contributed by atoms with Crippen molar-refractivity contribution in [2.75, 3.05) is 24.4 Å². The Labute approximate surface area is 168 Å². The zero-order valence-corrected chi connectivity index (χ0v) is 17.0. The summed E-state index contributed by atoms with van der Waals surface area (Å²) in [7, 11) is 3.28. The van der Waals surface area contributed by atoms with Crippen LogP contribution < -0.4 is 20.1 Å². The van der Waals surface area contributed by atoms with Crippen molar-refractivity contribution >= 4 is 34.2 Å². The summed E-state index contributed by atoms with van der Waals surface area (Å²) < 4.78 is 12.5. The highest BCUT2D eigenvalue weighted by Gasteiger charge is 2.16. The average molecular weight is 397 g/mol. The average Bonchev–Trinajstić information content (AvgIpc) is 2.96. The summed E-state index contributed by atoms with van der Waals surface area (Å²) in [6.07, 6.45) is 0. The number of amides is 2. The number of hydrogen-bond donors (Lipinski definition) is 2. The minimum absolute atomic E-state index is 0.221. The molecule has 0 saturated heterocycles. The van der Waals surface area contributed by atoms with Gasteiger partial charge in [-0.2, -0.15) is 0 Å². The van der Waals surface area contributed by atoms with Crippen LogP contribution in [0, 0.1) is 13.8 Å². The summed E-state index contributed by atoms with van der Waals surface area (Å²) in [4.78, 5) is 28.2. The molecule has 0 aliphatic carbocycles. The monoisotopic (exact) mass is 397 g/mol. The topological polar surface area (TPSA) is 107 Å². The Bertz CT molecular complexity index is 1090. The number of carbonyl (C=O) groups excluding carboxylic acids is 2. The van der Waals surface area contributed by atoms with E-state index < -0.39 is 0 Å². The molecule has 2 heterocycles. The van der Waals surface area contributed by atoms with E-state index in [9.17, 15) is 9.59 Å². The zero-order valence-electron chi connectivity index (χ0n) is 17.0. The number of carbonyl (C=O) groups is 2. The highest BCUT2D eigenvalue weighted by Crippen LogP contribution is 2.29. The summed E-state index contributed by atoms with van der Waals surface area (Å²) in [6.45, 7) is 5.04. The van der Waals surface area contributed by atoms with Gasteiger partial charge < -0.3 is 20.1 Å². The molecule has 0 spiro atoms. The van der Waals surface area contributed by atoms with E-state index in [0.717, 1.165) is 16.6 Å². The zero-order chi connectivity index (χ0) is 21.1. The van der Waals surface area contributed by atoms with Crippen LogP contribution >= 0.6 is 0 Å². The lowest BCUT2D eigenvalue weighted by atomic mass is 10.2. The van der Waals surface area contributed by atoms with Crippen LogP contribution in [-0.4, -0.2) is 40.3 Å². The van der Waals surface area contributed by atoms with E-state index in [1.165, 1.54) is 14.0 Å². The maximum absolute atomic E-state index is 12.4. The van der Waals surface area contributed by atoms with Gasteiger partial charge in [0.25, 0.3) is 5.91 Å². The number of pyridine rings is 1. The second-order valence-electron chi connectivity index (χ2n) is 6.64. The van der Waals surface area contributed by atoms with Crippen LogP contribution in [0.2, 0.25) is 0 Å². The van der Waals surface area contributed by atoms with Crippen LogP contribution in [0.3, 0.4) is 0 Å². The van der Waals surface area contributed by atoms with Gasteiger partial charge in [0.05, 0.1) is 18.2 Å². The molecule has 0 aliphatic rings. The number of aromatic nitrogens is 3. The van der Waals surface area contributed by atoms with Gasteiger partial charge in [-0.3, -0.25) is 9.59 Å². The van der Waals surface area contributed by atoms with Crippen LogP contribution in [0.25, 0.3) is 11.0 Å². The molecular weight excluding hydrogens is 374 g/mol. The third kappa shape index (κ3) is 4.45. The predicted octanol–water partition coefficient (Wildman–Crippen LogP) is 2.57. The number of benzene rings is 1. The van der Waals surface area contributed by atoms with E-state index in [2.05, 4.69) is 20.7 Å². The van der Waals surface area contributed by atoms with Crippen molar-refractivity contribution in [2.45, 2.75) is 20.8 Å². The Kier molecular flexibility index (Phi) is 5.67. The minimum atomic E-state index is -0.361. The van der Waals surface area contributed by atoms with E-state index in [0.29, 0.717) is 28.7 Å². The molecule has 2 N–H and O–H groups in total. The van der Waals surface area contributed by atoms with Gasteiger partial charge in [0.2, 0.25) is 11.8 Å². The van der Waals surface area contributed by atoms with Crippen molar-refractivity contribution in [1.82, 2.24) is 14.8 Å². The van der Waals surface area contributed by atoms with Gasteiger partial charge in [-0.1, -0.05) is 0 Å². The molecule has 2 aromatic heterocycles. The molecule has 1 aromatic carbocycles. The number of nitrogens with one attached hydrogen (secondary N) is 2. The second-order valence-corrected chi connectivity index (χ2v) is 6.64. The van der Waals surface area contributed by atoms with Crippen molar-refractivity contribution in [3.63, 3.8) is 0 Å². The molecule has 0 fully saturated rings. The molecule has 0 atom stereocenters. The fourth-order valence-corrected chi connectivity index (χ4v) is 3.05. The normalized spacial score (nSPS) is 10.7. The highest BCUT2D eigenvalue weighted by atomic mass is 16.5. The largest absolute Gasteiger partial charge is 0.495 e.